The van der Waals surface area contributed by atoms with Gasteiger partial charge in [-0.1, -0.05) is 57.9 Å². The van der Waals surface area contributed by atoms with Gasteiger partial charge in [0.05, 0.1) is 10.7 Å². The molecule has 4 nitrogen and oxygen atoms in total. The molecule has 0 radical (unpaired) electrons. The van der Waals surface area contributed by atoms with Crippen molar-refractivity contribution in [3.05, 3.63) is 63.6 Å². The second-order valence-corrected chi connectivity index (χ2v) is 6.14. The molecule has 0 saturated heterocycles. The maximum atomic E-state index is 11.8. The predicted molar refractivity (Wildman–Crippen MR) is 93.5 cm³/mol. The summed E-state index contributed by atoms with van der Waals surface area (Å²) in [7, 11) is 0. The zero-order valence-corrected chi connectivity index (χ0v) is 14.6. The molecule has 1 amide bonds. The first-order chi connectivity index (χ1) is 11.0. The molecule has 6 heteroatoms. The van der Waals surface area contributed by atoms with Gasteiger partial charge in [0.15, 0.2) is 6.61 Å². The summed E-state index contributed by atoms with van der Waals surface area (Å²) in [6.07, 6.45) is 0.816. The lowest BCUT2D eigenvalue weighted by molar-refractivity contribution is -0.147. The summed E-state index contributed by atoms with van der Waals surface area (Å²) in [4.78, 5) is 23.4. The fourth-order valence-corrected chi connectivity index (χ4v) is 2.61. The summed E-state index contributed by atoms with van der Waals surface area (Å²) >= 11 is 9.28. The van der Waals surface area contributed by atoms with Crippen molar-refractivity contribution >= 4 is 45.1 Å². The molecule has 2 aromatic carbocycles. The van der Waals surface area contributed by atoms with E-state index >= 15 is 0 Å². The van der Waals surface area contributed by atoms with Gasteiger partial charge in [0, 0.05) is 10.9 Å². The molecule has 0 aliphatic rings. The molecule has 0 spiro atoms. The number of halogens is 2. The van der Waals surface area contributed by atoms with Crippen LogP contribution in [0, 0.1) is 0 Å². The first-order valence-electron chi connectivity index (χ1n) is 6.99. The number of rotatable bonds is 6. The van der Waals surface area contributed by atoms with Crippen LogP contribution in [0.2, 0.25) is 5.02 Å². The number of anilines is 1. The molecule has 0 unspecified atom stereocenters. The minimum Gasteiger partial charge on any atom is -0.456 e. The number of aryl methyl sites for hydroxylation is 1. The highest BCUT2D eigenvalue weighted by Crippen LogP contribution is 2.25. The molecule has 2 rings (SSSR count). The Morgan fingerprint density at radius 1 is 1.13 bits per heavy atom. The van der Waals surface area contributed by atoms with E-state index in [1.807, 2.05) is 30.3 Å². The van der Waals surface area contributed by atoms with E-state index in [9.17, 15) is 9.59 Å². The van der Waals surface area contributed by atoms with E-state index in [4.69, 9.17) is 16.3 Å². The van der Waals surface area contributed by atoms with Gasteiger partial charge in [0.25, 0.3) is 5.91 Å². The van der Waals surface area contributed by atoms with Crippen molar-refractivity contribution < 1.29 is 14.3 Å². The minimum absolute atomic E-state index is 0.232. The molecule has 0 aliphatic heterocycles. The number of carbonyl (C=O) groups is 2. The smallest absolute Gasteiger partial charge is 0.306 e. The Morgan fingerprint density at radius 3 is 2.57 bits per heavy atom. The van der Waals surface area contributed by atoms with Crippen LogP contribution in [-0.2, 0) is 20.7 Å². The van der Waals surface area contributed by atoms with E-state index in [2.05, 4.69) is 21.2 Å². The molecular weight excluding hydrogens is 382 g/mol. The van der Waals surface area contributed by atoms with Gasteiger partial charge in [-0.15, -0.1) is 0 Å². The normalized spacial score (nSPS) is 10.2. The fraction of sp³-hybridized carbons (Fsp3) is 0.176. The number of esters is 1. The van der Waals surface area contributed by atoms with Gasteiger partial charge >= 0.3 is 5.97 Å². The van der Waals surface area contributed by atoms with Crippen LogP contribution in [0.3, 0.4) is 0 Å². The lowest BCUT2D eigenvalue weighted by atomic mass is 10.1. The molecular formula is C17H15BrClNO3. The Kier molecular flexibility index (Phi) is 6.62. The molecule has 0 aliphatic carbocycles. The van der Waals surface area contributed by atoms with Crippen molar-refractivity contribution in [2.75, 3.05) is 11.9 Å². The first kappa shape index (κ1) is 17.5. The number of carbonyl (C=O) groups excluding carboxylic acids is 2. The quantitative estimate of drug-likeness (QED) is 0.744. The minimum atomic E-state index is -0.428. The van der Waals surface area contributed by atoms with Crippen LogP contribution in [-0.4, -0.2) is 18.5 Å². The summed E-state index contributed by atoms with van der Waals surface area (Å²) < 4.78 is 5.77. The molecule has 1 N–H and O–H groups in total. The van der Waals surface area contributed by atoms with Gasteiger partial charge in [-0.05, 0) is 30.2 Å². The number of ether oxygens (including phenoxy) is 1. The topological polar surface area (TPSA) is 55.4 Å². The second-order valence-electron chi connectivity index (χ2n) is 4.82. The lowest BCUT2D eigenvalue weighted by Crippen LogP contribution is -2.21. The van der Waals surface area contributed by atoms with Gasteiger partial charge in [0.2, 0.25) is 0 Å². The number of benzene rings is 2. The van der Waals surface area contributed by atoms with Crippen LogP contribution in [0.1, 0.15) is 12.0 Å². The van der Waals surface area contributed by atoms with E-state index in [-0.39, 0.29) is 13.0 Å². The van der Waals surface area contributed by atoms with E-state index < -0.39 is 11.9 Å². The third-order valence-corrected chi connectivity index (χ3v) is 3.84. The average molecular weight is 397 g/mol. The zero-order valence-electron chi connectivity index (χ0n) is 12.2. The maximum Gasteiger partial charge on any atom is 0.306 e. The van der Waals surface area contributed by atoms with E-state index in [0.717, 1.165) is 10.0 Å². The van der Waals surface area contributed by atoms with Crippen LogP contribution < -0.4 is 5.32 Å². The summed E-state index contributed by atoms with van der Waals surface area (Å²) in [6.45, 7) is -0.333. The van der Waals surface area contributed by atoms with Crippen molar-refractivity contribution in [1.82, 2.24) is 0 Å². The molecule has 120 valence electrons. The number of nitrogens with one attached hydrogen (secondary N) is 1. The highest BCUT2D eigenvalue weighted by Gasteiger charge is 2.10. The van der Waals surface area contributed by atoms with Gasteiger partial charge in [-0.25, -0.2) is 0 Å². The summed E-state index contributed by atoms with van der Waals surface area (Å²) in [5.41, 5.74) is 1.52. The van der Waals surface area contributed by atoms with Gasteiger partial charge in [-0.3, -0.25) is 9.59 Å². The largest absolute Gasteiger partial charge is 0.456 e. The zero-order chi connectivity index (χ0) is 16.7. The monoisotopic (exact) mass is 395 g/mol. The van der Waals surface area contributed by atoms with E-state index in [0.29, 0.717) is 17.1 Å². The highest BCUT2D eigenvalue weighted by molar-refractivity contribution is 9.10. The van der Waals surface area contributed by atoms with Gasteiger partial charge in [-0.2, -0.15) is 0 Å². The van der Waals surface area contributed by atoms with Crippen LogP contribution in [0.4, 0.5) is 5.69 Å². The molecule has 0 bridgehead atoms. The Balaban J connectivity index is 1.74. The third kappa shape index (κ3) is 6.04. The molecule has 0 heterocycles. The molecule has 0 aromatic heterocycles. The van der Waals surface area contributed by atoms with Crippen LogP contribution >= 0.6 is 27.5 Å². The van der Waals surface area contributed by atoms with Crippen molar-refractivity contribution in [2.24, 2.45) is 0 Å². The predicted octanol–water partition coefficient (Wildman–Crippen LogP) is 4.22. The number of hydrogen-bond acceptors (Lipinski definition) is 3. The van der Waals surface area contributed by atoms with Crippen molar-refractivity contribution in [3.63, 3.8) is 0 Å². The van der Waals surface area contributed by atoms with E-state index in [1.165, 1.54) is 0 Å². The molecule has 2 aromatic rings. The third-order valence-electron chi connectivity index (χ3n) is 3.03. The lowest BCUT2D eigenvalue weighted by Gasteiger charge is -2.08. The van der Waals surface area contributed by atoms with Crippen LogP contribution in [0.5, 0.6) is 0 Å². The SMILES string of the molecule is O=C(COC(=O)CCc1ccccc1)Nc1ccc(Br)cc1Cl. The van der Waals surface area contributed by atoms with Crippen molar-refractivity contribution in [2.45, 2.75) is 12.8 Å². The standard InChI is InChI=1S/C17H15BrClNO3/c18-13-7-8-15(14(19)10-13)20-16(21)11-23-17(22)9-6-12-4-2-1-3-5-12/h1-5,7-8,10H,6,9,11H2,(H,20,21). The van der Waals surface area contributed by atoms with Crippen molar-refractivity contribution in [1.29, 1.82) is 0 Å². The van der Waals surface area contributed by atoms with Crippen LogP contribution in [0.25, 0.3) is 0 Å². The Morgan fingerprint density at radius 2 is 1.87 bits per heavy atom. The van der Waals surface area contributed by atoms with E-state index in [1.54, 1.807) is 18.2 Å². The first-order valence-corrected chi connectivity index (χ1v) is 8.16. The summed E-state index contributed by atoms with van der Waals surface area (Å²) in [5.74, 6) is -0.840. The highest BCUT2D eigenvalue weighted by atomic mass is 79.9. The number of hydrogen-bond donors (Lipinski definition) is 1. The molecule has 0 atom stereocenters. The summed E-state index contributed by atoms with van der Waals surface area (Å²) in [6, 6.07) is 14.7. The second kappa shape index (κ2) is 8.70. The average Bonchev–Trinajstić information content (AvgIpc) is 2.54. The Hall–Kier alpha value is -1.85. The Bertz CT molecular complexity index is 691. The van der Waals surface area contributed by atoms with Gasteiger partial charge in [0.1, 0.15) is 0 Å². The van der Waals surface area contributed by atoms with Crippen LogP contribution in [0.15, 0.2) is 53.0 Å². The molecule has 0 fully saturated rings. The summed E-state index contributed by atoms with van der Waals surface area (Å²) in [5, 5.41) is 3.00. The van der Waals surface area contributed by atoms with Gasteiger partial charge < -0.3 is 10.1 Å². The van der Waals surface area contributed by atoms with Crippen molar-refractivity contribution in [3.8, 4) is 0 Å². The maximum absolute atomic E-state index is 11.8. The molecule has 23 heavy (non-hydrogen) atoms. The Labute approximate surface area is 147 Å². The fourth-order valence-electron chi connectivity index (χ4n) is 1.89. The number of amides is 1. The molecule has 0 saturated carbocycles.